The lowest BCUT2D eigenvalue weighted by Gasteiger charge is -2.44. The fourth-order valence-electron chi connectivity index (χ4n) is 2.76. The van der Waals surface area contributed by atoms with E-state index in [-0.39, 0.29) is 5.91 Å². The van der Waals surface area contributed by atoms with Gasteiger partial charge < -0.3 is 4.90 Å². The lowest BCUT2D eigenvalue weighted by atomic mass is 10.1. The summed E-state index contributed by atoms with van der Waals surface area (Å²) in [7, 11) is 0. The Morgan fingerprint density at radius 2 is 1.94 bits per heavy atom. The van der Waals surface area contributed by atoms with Crippen LogP contribution in [-0.2, 0) is 0 Å². The minimum absolute atomic E-state index is 0.105. The molecule has 96 valence electrons. The first kappa shape index (κ1) is 12.0. The van der Waals surface area contributed by atoms with E-state index in [0.717, 1.165) is 13.1 Å². The molecule has 4 heteroatoms. The molecule has 18 heavy (non-hydrogen) atoms. The average Bonchev–Trinajstić information content (AvgIpc) is 2.80. The van der Waals surface area contributed by atoms with Crippen LogP contribution in [0.1, 0.15) is 23.2 Å². The fraction of sp³-hybridized carbons (Fsp3) is 0.500. The van der Waals surface area contributed by atoms with Gasteiger partial charge in [0.15, 0.2) is 0 Å². The van der Waals surface area contributed by atoms with Crippen molar-refractivity contribution in [3.8, 4) is 0 Å². The van der Waals surface area contributed by atoms with Crippen LogP contribution >= 0.6 is 11.6 Å². The summed E-state index contributed by atoms with van der Waals surface area (Å²) in [5.41, 5.74) is 0.697. The van der Waals surface area contributed by atoms with E-state index in [0.29, 0.717) is 16.6 Å². The molecule has 0 atom stereocenters. The monoisotopic (exact) mass is 264 g/mol. The molecule has 2 fully saturated rings. The molecule has 3 nitrogen and oxygen atoms in total. The lowest BCUT2D eigenvalue weighted by Crippen LogP contribution is -2.60. The molecule has 3 rings (SSSR count). The van der Waals surface area contributed by atoms with E-state index in [1.807, 2.05) is 17.0 Å². The van der Waals surface area contributed by atoms with Gasteiger partial charge in [0.1, 0.15) is 0 Å². The Morgan fingerprint density at radius 3 is 2.61 bits per heavy atom. The normalized spacial score (nSPS) is 21.1. The number of amides is 1. The number of nitrogens with zero attached hydrogens (tertiary/aromatic N) is 2. The Balaban J connectivity index is 1.59. The van der Waals surface area contributed by atoms with Crippen LogP contribution in [0.4, 0.5) is 0 Å². The summed E-state index contributed by atoms with van der Waals surface area (Å²) in [6.07, 6.45) is 2.61. The summed E-state index contributed by atoms with van der Waals surface area (Å²) in [5.74, 6) is 0.105. The molecule has 0 N–H and O–H groups in total. The molecule has 2 heterocycles. The number of benzene rings is 1. The molecule has 2 aliphatic heterocycles. The van der Waals surface area contributed by atoms with Crippen molar-refractivity contribution < 1.29 is 4.79 Å². The fourth-order valence-corrected chi connectivity index (χ4v) is 2.95. The Labute approximate surface area is 112 Å². The zero-order valence-corrected chi connectivity index (χ0v) is 11.1. The van der Waals surface area contributed by atoms with Crippen LogP contribution in [0.3, 0.4) is 0 Å². The second kappa shape index (κ2) is 4.90. The average molecular weight is 265 g/mol. The van der Waals surface area contributed by atoms with Gasteiger partial charge in [-0.3, -0.25) is 9.69 Å². The summed E-state index contributed by atoms with van der Waals surface area (Å²) >= 11 is 5.91. The summed E-state index contributed by atoms with van der Waals surface area (Å²) in [5, 5.41) is 0.623. The van der Waals surface area contributed by atoms with Crippen molar-refractivity contribution >= 4 is 17.5 Å². The van der Waals surface area contributed by atoms with Gasteiger partial charge in [0, 0.05) is 29.7 Å². The molecule has 0 aromatic heterocycles. The van der Waals surface area contributed by atoms with Crippen molar-refractivity contribution in [3.05, 3.63) is 34.9 Å². The minimum atomic E-state index is 0.105. The second-order valence-electron chi connectivity index (χ2n) is 5.12. The van der Waals surface area contributed by atoms with Crippen molar-refractivity contribution in [1.82, 2.24) is 9.80 Å². The maximum Gasteiger partial charge on any atom is 0.254 e. The quantitative estimate of drug-likeness (QED) is 0.818. The van der Waals surface area contributed by atoms with Gasteiger partial charge in [-0.2, -0.15) is 0 Å². The first-order valence-electron chi connectivity index (χ1n) is 6.53. The number of hydrogen-bond acceptors (Lipinski definition) is 2. The van der Waals surface area contributed by atoms with Crippen LogP contribution in [0.15, 0.2) is 24.3 Å². The smallest absolute Gasteiger partial charge is 0.254 e. The van der Waals surface area contributed by atoms with Crippen molar-refractivity contribution in [2.45, 2.75) is 18.9 Å². The van der Waals surface area contributed by atoms with Crippen molar-refractivity contribution in [3.63, 3.8) is 0 Å². The topological polar surface area (TPSA) is 23.6 Å². The molecule has 0 aliphatic carbocycles. The molecule has 0 bridgehead atoms. The molecule has 0 saturated carbocycles. The highest BCUT2D eigenvalue weighted by Gasteiger charge is 2.35. The second-order valence-corrected chi connectivity index (χ2v) is 5.55. The molecule has 1 amide bonds. The molecule has 0 unspecified atom stereocenters. The standard InChI is InChI=1S/C14H17ClN2O/c15-12-5-3-4-11(8-12)14(18)17-9-13(10-17)16-6-1-2-7-16/h3-5,8,13H,1-2,6-7,9-10H2. The van der Waals surface area contributed by atoms with E-state index in [1.54, 1.807) is 12.1 Å². The summed E-state index contributed by atoms with van der Waals surface area (Å²) in [6, 6.07) is 7.77. The van der Waals surface area contributed by atoms with Crippen LogP contribution in [0.5, 0.6) is 0 Å². The highest BCUT2D eigenvalue weighted by atomic mass is 35.5. The van der Waals surface area contributed by atoms with Crippen LogP contribution in [-0.4, -0.2) is 47.9 Å². The zero-order chi connectivity index (χ0) is 12.5. The third-order valence-corrected chi connectivity index (χ3v) is 4.11. The Kier molecular flexibility index (Phi) is 3.27. The Morgan fingerprint density at radius 1 is 1.22 bits per heavy atom. The van der Waals surface area contributed by atoms with E-state index in [1.165, 1.54) is 25.9 Å². The van der Waals surface area contributed by atoms with E-state index in [9.17, 15) is 4.79 Å². The first-order chi connectivity index (χ1) is 8.74. The van der Waals surface area contributed by atoms with Gasteiger partial charge >= 0.3 is 0 Å². The number of rotatable bonds is 2. The van der Waals surface area contributed by atoms with Crippen molar-refractivity contribution in [2.75, 3.05) is 26.2 Å². The largest absolute Gasteiger partial charge is 0.335 e. The molecular weight excluding hydrogens is 248 g/mol. The van der Waals surface area contributed by atoms with Gasteiger partial charge in [-0.25, -0.2) is 0 Å². The zero-order valence-electron chi connectivity index (χ0n) is 10.3. The number of carbonyl (C=O) groups is 1. The first-order valence-corrected chi connectivity index (χ1v) is 6.91. The number of halogens is 1. The predicted octanol–water partition coefficient (Wildman–Crippen LogP) is 2.26. The molecule has 1 aromatic rings. The third-order valence-electron chi connectivity index (χ3n) is 3.88. The van der Waals surface area contributed by atoms with Gasteiger partial charge in [-0.1, -0.05) is 17.7 Å². The van der Waals surface area contributed by atoms with Gasteiger partial charge in [-0.15, -0.1) is 0 Å². The van der Waals surface area contributed by atoms with Crippen LogP contribution in [0.2, 0.25) is 5.02 Å². The van der Waals surface area contributed by atoms with Crippen LogP contribution < -0.4 is 0 Å². The molecule has 2 aliphatic rings. The third kappa shape index (κ3) is 2.25. The number of carbonyl (C=O) groups excluding carboxylic acids is 1. The highest BCUT2D eigenvalue weighted by Crippen LogP contribution is 2.22. The highest BCUT2D eigenvalue weighted by molar-refractivity contribution is 6.30. The maximum absolute atomic E-state index is 12.2. The number of hydrogen-bond donors (Lipinski definition) is 0. The van der Waals surface area contributed by atoms with E-state index in [4.69, 9.17) is 11.6 Å². The Bertz CT molecular complexity index is 451. The van der Waals surface area contributed by atoms with E-state index < -0.39 is 0 Å². The van der Waals surface area contributed by atoms with Gasteiger partial charge in [-0.05, 0) is 44.1 Å². The predicted molar refractivity (Wildman–Crippen MR) is 72.0 cm³/mol. The van der Waals surface area contributed by atoms with Crippen LogP contribution in [0, 0.1) is 0 Å². The Hall–Kier alpha value is -1.06. The molecule has 0 spiro atoms. The summed E-state index contributed by atoms with van der Waals surface area (Å²) < 4.78 is 0. The lowest BCUT2D eigenvalue weighted by molar-refractivity contribution is 0.0334. The molecule has 1 aromatic carbocycles. The minimum Gasteiger partial charge on any atom is -0.335 e. The van der Waals surface area contributed by atoms with E-state index in [2.05, 4.69) is 4.90 Å². The van der Waals surface area contributed by atoms with Gasteiger partial charge in [0.25, 0.3) is 5.91 Å². The SMILES string of the molecule is O=C(c1cccc(Cl)c1)N1CC(N2CCCC2)C1. The van der Waals surface area contributed by atoms with Gasteiger partial charge in [0.05, 0.1) is 0 Å². The summed E-state index contributed by atoms with van der Waals surface area (Å²) in [6.45, 7) is 4.13. The molecule has 0 radical (unpaired) electrons. The molecule has 2 saturated heterocycles. The maximum atomic E-state index is 12.2. The number of likely N-dealkylation sites (tertiary alicyclic amines) is 2. The van der Waals surface area contributed by atoms with E-state index >= 15 is 0 Å². The molecular formula is C14H17ClN2O. The van der Waals surface area contributed by atoms with Crippen molar-refractivity contribution in [2.24, 2.45) is 0 Å². The van der Waals surface area contributed by atoms with Crippen LogP contribution in [0.25, 0.3) is 0 Å². The summed E-state index contributed by atoms with van der Waals surface area (Å²) in [4.78, 5) is 16.6. The van der Waals surface area contributed by atoms with Gasteiger partial charge in [0.2, 0.25) is 0 Å². The van der Waals surface area contributed by atoms with Crippen molar-refractivity contribution in [1.29, 1.82) is 0 Å².